The van der Waals surface area contributed by atoms with Crippen LogP contribution in [0.3, 0.4) is 0 Å². The molecule has 16 heavy (non-hydrogen) atoms. The van der Waals surface area contributed by atoms with Gasteiger partial charge in [0.2, 0.25) is 0 Å². The molecule has 5 nitrogen and oxygen atoms in total. The maximum atomic E-state index is 9.14. The van der Waals surface area contributed by atoms with E-state index in [4.69, 9.17) is 24.9 Å². The number of aliphatic hydroxyl groups excluding tert-OH is 1. The van der Waals surface area contributed by atoms with Gasteiger partial charge in [0.15, 0.2) is 0 Å². The first-order valence-electron chi connectivity index (χ1n) is 4.23. The third-order valence-corrected chi connectivity index (χ3v) is 0.845. The van der Waals surface area contributed by atoms with Crippen LogP contribution in [-0.4, -0.2) is 61.4 Å². The number of carboxylic acids is 2. The second-order valence-electron chi connectivity index (χ2n) is 2.12. The molecule has 0 amide bonds. The summed E-state index contributed by atoms with van der Waals surface area (Å²) in [5.74, 6) is -2.46. The Hall–Kier alpha value is -0.360. The Morgan fingerprint density at radius 3 is 1.44 bits per heavy atom. The van der Waals surface area contributed by atoms with Gasteiger partial charge in [0.05, 0.1) is 11.9 Å². The summed E-state index contributed by atoms with van der Waals surface area (Å²) in [6, 6.07) is 0. The summed E-state index contributed by atoms with van der Waals surface area (Å²) < 4.78 is 0. The van der Waals surface area contributed by atoms with Crippen molar-refractivity contribution in [1.82, 2.24) is 0 Å². The topological polar surface area (TPSA) is 100 Å². The van der Waals surface area contributed by atoms with Gasteiger partial charge < -0.3 is 24.9 Å². The minimum atomic E-state index is -1.23. The van der Waals surface area contributed by atoms with E-state index in [-0.39, 0.29) is 37.7 Å². The molecule has 0 saturated heterocycles. The Kier molecular flexibility index (Phi) is 37.2. The van der Waals surface area contributed by atoms with E-state index in [0.29, 0.717) is 6.61 Å². The molecular weight excluding hydrogens is 240 g/mol. The molecule has 0 aliphatic heterocycles. The predicted octanol–water partition coefficient (Wildman–Crippen LogP) is -1.76. The minimum absolute atomic E-state index is 0. The van der Waals surface area contributed by atoms with Crippen LogP contribution < -0.4 is 10.2 Å². The zero-order valence-corrected chi connectivity index (χ0v) is 11.7. The number of aliphatic hydroxyl groups is 1. The Morgan fingerprint density at radius 2 is 1.44 bits per heavy atom. The number of rotatable bonds is 4. The maximum absolute atomic E-state index is 9.14. The molecule has 0 aromatic carbocycles. The molecule has 0 saturated carbocycles. The first-order chi connectivity index (χ1) is 6.95. The van der Waals surface area contributed by atoms with Crippen molar-refractivity contribution in [2.24, 2.45) is 0 Å². The number of carbonyl (C=O) groups is 2. The van der Waals surface area contributed by atoms with Crippen molar-refractivity contribution >= 4 is 49.7 Å². The first kappa shape index (κ1) is 24.7. The molecule has 0 radical (unpaired) electrons. The molecule has 0 aromatic rings. The summed E-state index contributed by atoms with van der Waals surface area (Å²) in [7, 11) is 0. The van der Waals surface area contributed by atoms with Crippen molar-refractivity contribution in [3.63, 3.8) is 0 Å². The second-order valence-corrected chi connectivity index (χ2v) is 2.12. The van der Waals surface area contributed by atoms with Gasteiger partial charge in [-0.3, -0.25) is 0 Å². The van der Waals surface area contributed by atoms with Gasteiger partial charge in [-0.1, -0.05) is 26.5 Å². The molecular formula is C10H16CaO5. The van der Waals surface area contributed by atoms with Gasteiger partial charge in [-0.15, -0.1) is 0 Å². The SMILES string of the molecule is C=CC(=O)[O-].C=CC(=O)[O-].CCCCO.[Ca+2]. The van der Waals surface area contributed by atoms with Crippen LogP contribution in [0.1, 0.15) is 19.8 Å². The van der Waals surface area contributed by atoms with E-state index in [1.807, 2.05) is 0 Å². The van der Waals surface area contributed by atoms with Crippen molar-refractivity contribution in [3.8, 4) is 0 Å². The summed E-state index contributed by atoms with van der Waals surface area (Å²) in [5, 5.41) is 26.3. The van der Waals surface area contributed by atoms with Gasteiger partial charge in [-0.05, 0) is 18.6 Å². The zero-order valence-electron chi connectivity index (χ0n) is 9.48. The molecule has 0 aromatic heterocycles. The van der Waals surface area contributed by atoms with E-state index >= 15 is 0 Å². The summed E-state index contributed by atoms with van der Waals surface area (Å²) in [4.78, 5) is 18.3. The van der Waals surface area contributed by atoms with E-state index in [9.17, 15) is 0 Å². The molecule has 0 fully saturated rings. The fourth-order valence-corrected chi connectivity index (χ4v) is 0.158. The second kappa shape index (κ2) is 24.1. The number of carbonyl (C=O) groups excluding carboxylic acids is 2. The van der Waals surface area contributed by atoms with E-state index in [1.54, 1.807) is 0 Å². The third kappa shape index (κ3) is 68.5. The molecule has 0 aliphatic rings. The minimum Gasteiger partial charge on any atom is -0.545 e. The van der Waals surface area contributed by atoms with Gasteiger partial charge in [-0.25, -0.2) is 0 Å². The van der Waals surface area contributed by atoms with Crippen LogP contribution in [0.4, 0.5) is 0 Å². The number of aliphatic carboxylic acids is 2. The Morgan fingerprint density at radius 1 is 1.19 bits per heavy atom. The average Bonchev–Trinajstić information content (AvgIpc) is 2.20. The number of hydrogen-bond acceptors (Lipinski definition) is 5. The summed E-state index contributed by atoms with van der Waals surface area (Å²) in [6.45, 7) is 8.19. The van der Waals surface area contributed by atoms with E-state index in [0.717, 1.165) is 25.0 Å². The van der Waals surface area contributed by atoms with Gasteiger partial charge in [0, 0.05) is 6.61 Å². The van der Waals surface area contributed by atoms with Gasteiger partial charge in [0.1, 0.15) is 0 Å². The van der Waals surface area contributed by atoms with Crippen LogP contribution in [0.25, 0.3) is 0 Å². The van der Waals surface area contributed by atoms with Crippen LogP contribution in [0.2, 0.25) is 0 Å². The summed E-state index contributed by atoms with van der Waals surface area (Å²) in [5.41, 5.74) is 0. The van der Waals surface area contributed by atoms with Crippen molar-refractivity contribution in [2.45, 2.75) is 19.8 Å². The van der Waals surface area contributed by atoms with Gasteiger partial charge >= 0.3 is 37.7 Å². The number of hydrogen-bond donors (Lipinski definition) is 1. The Bertz CT molecular complexity index is 172. The fraction of sp³-hybridized carbons (Fsp3) is 0.400. The molecule has 0 heterocycles. The Balaban J connectivity index is -0.0000000655. The molecule has 0 rings (SSSR count). The van der Waals surface area contributed by atoms with E-state index < -0.39 is 11.9 Å². The summed E-state index contributed by atoms with van der Waals surface area (Å²) >= 11 is 0. The molecule has 0 unspecified atom stereocenters. The molecule has 0 bridgehead atoms. The van der Waals surface area contributed by atoms with Crippen LogP contribution in [0.15, 0.2) is 25.3 Å². The fourth-order valence-electron chi connectivity index (χ4n) is 0.158. The summed E-state index contributed by atoms with van der Waals surface area (Å²) in [6.07, 6.45) is 3.48. The van der Waals surface area contributed by atoms with Crippen LogP contribution in [0.5, 0.6) is 0 Å². The molecule has 6 heteroatoms. The van der Waals surface area contributed by atoms with Crippen molar-refractivity contribution in [1.29, 1.82) is 0 Å². The van der Waals surface area contributed by atoms with Gasteiger partial charge in [0.25, 0.3) is 0 Å². The van der Waals surface area contributed by atoms with Gasteiger partial charge in [-0.2, -0.15) is 0 Å². The maximum Gasteiger partial charge on any atom is 2.00 e. The number of carboxylic acid groups (broad SMARTS) is 2. The van der Waals surface area contributed by atoms with Crippen LogP contribution in [-0.2, 0) is 9.59 Å². The van der Waals surface area contributed by atoms with Crippen LogP contribution in [0, 0.1) is 0 Å². The normalized spacial score (nSPS) is 6.62. The quantitative estimate of drug-likeness (QED) is 0.474. The van der Waals surface area contributed by atoms with Crippen LogP contribution >= 0.6 is 0 Å². The average molecular weight is 256 g/mol. The standard InChI is InChI=1S/C4H10O.2C3H4O2.Ca/c1-2-3-4-5;2*1-2-3(4)5;/h5H,2-4H2,1H3;2*2H,1H2,(H,4,5);/q;;;+2/p-2. The largest absolute Gasteiger partial charge is 2.00 e. The van der Waals surface area contributed by atoms with Crippen molar-refractivity contribution in [3.05, 3.63) is 25.3 Å². The molecule has 0 aliphatic carbocycles. The molecule has 1 N–H and O–H groups in total. The molecule has 0 atom stereocenters. The van der Waals surface area contributed by atoms with E-state index in [2.05, 4.69) is 20.1 Å². The molecule has 0 spiro atoms. The third-order valence-electron chi connectivity index (χ3n) is 0.845. The van der Waals surface area contributed by atoms with Crippen molar-refractivity contribution < 1.29 is 24.9 Å². The van der Waals surface area contributed by atoms with E-state index in [1.165, 1.54) is 0 Å². The molecule has 88 valence electrons. The zero-order chi connectivity index (χ0) is 12.7. The van der Waals surface area contributed by atoms with Crippen molar-refractivity contribution in [2.75, 3.05) is 6.61 Å². The Labute approximate surface area is 125 Å². The predicted molar refractivity (Wildman–Crippen MR) is 58.2 cm³/mol. The number of unbranched alkanes of at least 4 members (excludes halogenated alkanes) is 1. The monoisotopic (exact) mass is 256 g/mol. The smallest absolute Gasteiger partial charge is 0.545 e. The first-order valence-corrected chi connectivity index (χ1v) is 4.23.